The van der Waals surface area contributed by atoms with Crippen LogP contribution in [-0.2, 0) is 0 Å². The lowest BCUT2D eigenvalue weighted by Crippen LogP contribution is -2.08. The monoisotopic (exact) mass is 414 g/mol. The number of aromatic amines is 2. The van der Waals surface area contributed by atoms with Crippen molar-refractivity contribution in [3.05, 3.63) is 81.7 Å². The van der Waals surface area contributed by atoms with Crippen LogP contribution in [0.15, 0.2) is 65.6 Å². The molecule has 148 valence electrons. The zero-order valence-corrected chi connectivity index (χ0v) is 17.3. The van der Waals surface area contributed by atoms with Gasteiger partial charge in [-0.2, -0.15) is 5.10 Å². The Hall–Kier alpha value is -3.44. The number of benzene rings is 2. The number of nitrogens with one attached hydrogen (secondary N) is 2. The number of hydrogen-bond donors (Lipinski definition) is 2. The molecule has 5 rings (SSSR count). The van der Waals surface area contributed by atoms with Gasteiger partial charge in [-0.25, -0.2) is 4.98 Å². The van der Waals surface area contributed by atoms with Crippen LogP contribution in [0.1, 0.15) is 25.3 Å². The maximum atomic E-state index is 12.0. The quantitative estimate of drug-likeness (QED) is 0.385. The Morgan fingerprint density at radius 1 is 1.00 bits per heavy atom. The first-order valence-corrected chi connectivity index (χ1v) is 10.2. The van der Waals surface area contributed by atoms with E-state index in [1.165, 1.54) is 0 Å². The van der Waals surface area contributed by atoms with Crippen molar-refractivity contribution in [2.45, 2.75) is 19.8 Å². The lowest BCUT2D eigenvalue weighted by molar-refractivity contribution is 0.876. The Balaban J connectivity index is 1.96. The van der Waals surface area contributed by atoms with Crippen molar-refractivity contribution in [3.8, 4) is 22.4 Å². The molecular formula is C24H19ClN4O. The number of halogens is 1. The molecule has 3 heterocycles. The number of fused-ring (bicyclic) bond motifs is 2. The highest BCUT2D eigenvalue weighted by Gasteiger charge is 2.21. The van der Waals surface area contributed by atoms with E-state index in [1.54, 1.807) is 12.3 Å². The van der Waals surface area contributed by atoms with Gasteiger partial charge in [0.25, 0.3) is 0 Å². The lowest BCUT2D eigenvalue weighted by atomic mass is 9.87. The van der Waals surface area contributed by atoms with Crippen LogP contribution in [0, 0.1) is 0 Å². The molecule has 0 amide bonds. The third kappa shape index (κ3) is 2.99. The van der Waals surface area contributed by atoms with Crippen LogP contribution in [0.25, 0.3) is 44.3 Å². The molecule has 2 N–H and O–H groups in total. The highest BCUT2D eigenvalue weighted by Crippen LogP contribution is 2.42. The molecule has 5 nitrogen and oxygen atoms in total. The van der Waals surface area contributed by atoms with Gasteiger partial charge in [0, 0.05) is 28.0 Å². The molecular weight excluding hydrogens is 396 g/mol. The van der Waals surface area contributed by atoms with Gasteiger partial charge in [-0.1, -0.05) is 55.8 Å². The molecule has 0 saturated heterocycles. The summed E-state index contributed by atoms with van der Waals surface area (Å²) in [6, 6.07) is 17.4. The molecule has 0 unspecified atom stereocenters. The largest absolute Gasteiger partial charge is 0.307 e. The van der Waals surface area contributed by atoms with Crippen LogP contribution in [0.5, 0.6) is 0 Å². The molecule has 0 aliphatic heterocycles. The molecule has 0 radical (unpaired) electrons. The first-order chi connectivity index (χ1) is 14.5. The first kappa shape index (κ1) is 18.6. The minimum atomic E-state index is -0.167. The van der Waals surface area contributed by atoms with Gasteiger partial charge < -0.3 is 4.98 Å². The van der Waals surface area contributed by atoms with Crippen molar-refractivity contribution >= 4 is 33.5 Å². The first-order valence-electron chi connectivity index (χ1n) is 9.78. The topological polar surface area (TPSA) is 74.4 Å². The SMILES string of the molecule is CC(C)c1c(-c2cc(Cl)c3[nH]ncc3c2)c(-c2ccccc2)nc2[nH]c(=O)ccc12. The van der Waals surface area contributed by atoms with Crippen LogP contribution in [0.2, 0.25) is 5.02 Å². The second-order valence-electron chi connectivity index (χ2n) is 7.65. The van der Waals surface area contributed by atoms with Crippen LogP contribution in [0.3, 0.4) is 0 Å². The van der Waals surface area contributed by atoms with E-state index in [1.807, 2.05) is 42.5 Å². The highest BCUT2D eigenvalue weighted by atomic mass is 35.5. The van der Waals surface area contributed by atoms with Crippen molar-refractivity contribution in [2.24, 2.45) is 0 Å². The zero-order chi connectivity index (χ0) is 20.8. The van der Waals surface area contributed by atoms with Gasteiger partial charge >= 0.3 is 0 Å². The summed E-state index contributed by atoms with van der Waals surface area (Å²) in [7, 11) is 0. The fourth-order valence-electron chi connectivity index (χ4n) is 4.05. The number of pyridine rings is 2. The minimum absolute atomic E-state index is 0.167. The number of hydrogen-bond acceptors (Lipinski definition) is 3. The summed E-state index contributed by atoms with van der Waals surface area (Å²) < 4.78 is 0. The lowest BCUT2D eigenvalue weighted by Gasteiger charge is -2.20. The molecule has 0 aliphatic carbocycles. The number of H-pyrrole nitrogens is 2. The van der Waals surface area contributed by atoms with Crippen LogP contribution in [-0.4, -0.2) is 20.2 Å². The van der Waals surface area contributed by atoms with Gasteiger partial charge in [0.1, 0.15) is 5.65 Å². The second kappa shape index (κ2) is 7.11. The molecule has 0 fully saturated rings. The van der Waals surface area contributed by atoms with E-state index in [2.05, 4.69) is 35.1 Å². The standard InChI is InChI=1S/C24H19ClN4O/c1-13(2)20-17-8-9-19(30)27-24(17)28-23(14-6-4-3-5-7-14)21(20)15-10-16-12-26-29-22(16)18(25)11-15/h3-13H,1-2H3,(H,26,29)(H,27,28,30). The molecule has 0 spiro atoms. The average Bonchev–Trinajstić information content (AvgIpc) is 3.22. The van der Waals surface area contributed by atoms with E-state index in [0.29, 0.717) is 10.7 Å². The number of rotatable bonds is 3. The Labute approximate surface area is 177 Å². The fraction of sp³-hybridized carbons (Fsp3) is 0.125. The van der Waals surface area contributed by atoms with Crippen molar-refractivity contribution in [1.29, 1.82) is 0 Å². The number of aromatic nitrogens is 4. The van der Waals surface area contributed by atoms with Gasteiger partial charge in [0.15, 0.2) is 0 Å². The van der Waals surface area contributed by atoms with Crippen molar-refractivity contribution < 1.29 is 0 Å². The predicted molar refractivity (Wildman–Crippen MR) is 122 cm³/mol. The average molecular weight is 415 g/mol. The Morgan fingerprint density at radius 3 is 2.57 bits per heavy atom. The van der Waals surface area contributed by atoms with Crippen LogP contribution >= 0.6 is 11.6 Å². The zero-order valence-electron chi connectivity index (χ0n) is 16.5. The van der Waals surface area contributed by atoms with E-state index in [0.717, 1.165) is 44.2 Å². The summed E-state index contributed by atoms with van der Waals surface area (Å²) in [4.78, 5) is 19.8. The molecule has 5 aromatic rings. The summed E-state index contributed by atoms with van der Waals surface area (Å²) >= 11 is 6.58. The van der Waals surface area contributed by atoms with E-state index >= 15 is 0 Å². The van der Waals surface area contributed by atoms with Gasteiger partial charge in [-0.3, -0.25) is 9.89 Å². The van der Waals surface area contributed by atoms with E-state index < -0.39 is 0 Å². The third-order valence-corrected chi connectivity index (χ3v) is 5.63. The van der Waals surface area contributed by atoms with E-state index in [4.69, 9.17) is 16.6 Å². The molecule has 2 aromatic carbocycles. The predicted octanol–water partition coefficient (Wildman–Crippen LogP) is 5.91. The third-order valence-electron chi connectivity index (χ3n) is 5.33. The van der Waals surface area contributed by atoms with Crippen molar-refractivity contribution in [2.75, 3.05) is 0 Å². The molecule has 0 aliphatic rings. The molecule has 0 atom stereocenters. The minimum Gasteiger partial charge on any atom is -0.307 e. The summed E-state index contributed by atoms with van der Waals surface area (Å²) in [6.45, 7) is 4.30. The maximum absolute atomic E-state index is 12.0. The Morgan fingerprint density at radius 2 is 1.80 bits per heavy atom. The van der Waals surface area contributed by atoms with Crippen LogP contribution < -0.4 is 5.56 Å². The van der Waals surface area contributed by atoms with Crippen molar-refractivity contribution in [3.63, 3.8) is 0 Å². The summed E-state index contributed by atoms with van der Waals surface area (Å²) in [5, 5.41) is 9.56. The molecule has 30 heavy (non-hydrogen) atoms. The summed E-state index contributed by atoms with van der Waals surface area (Å²) in [5.74, 6) is 0.192. The fourth-order valence-corrected chi connectivity index (χ4v) is 4.32. The molecule has 0 bridgehead atoms. The Kier molecular flexibility index (Phi) is 4.40. The normalized spacial score (nSPS) is 11.6. The highest BCUT2D eigenvalue weighted by molar-refractivity contribution is 6.35. The molecule has 3 aromatic heterocycles. The van der Waals surface area contributed by atoms with Gasteiger partial charge in [-0.15, -0.1) is 0 Å². The molecule has 0 saturated carbocycles. The van der Waals surface area contributed by atoms with Gasteiger partial charge in [0.2, 0.25) is 5.56 Å². The molecule has 6 heteroatoms. The van der Waals surface area contributed by atoms with Gasteiger partial charge in [0.05, 0.1) is 22.4 Å². The van der Waals surface area contributed by atoms with Crippen molar-refractivity contribution in [1.82, 2.24) is 20.2 Å². The van der Waals surface area contributed by atoms with E-state index in [9.17, 15) is 4.79 Å². The Bertz CT molecular complexity index is 1450. The number of nitrogens with zero attached hydrogens (tertiary/aromatic N) is 2. The van der Waals surface area contributed by atoms with Gasteiger partial charge in [-0.05, 0) is 35.2 Å². The van der Waals surface area contributed by atoms with Crippen LogP contribution in [0.4, 0.5) is 0 Å². The van der Waals surface area contributed by atoms with E-state index in [-0.39, 0.29) is 11.5 Å². The maximum Gasteiger partial charge on any atom is 0.249 e. The second-order valence-corrected chi connectivity index (χ2v) is 8.05. The summed E-state index contributed by atoms with van der Waals surface area (Å²) in [6.07, 6.45) is 1.77. The smallest absolute Gasteiger partial charge is 0.249 e. The summed E-state index contributed by atoms with van der Waals surface area (Å²) in [5.41, 5.74) is 6.12.